The maximum atomic E-state index is 2.51. The van der Waals surface area contributed by atoms with E-state index < -0.39 is 0 Å². The van der Waals surface area contributed by atoms with E-state index in [2.05, 4.69) is 134 Å². The van der Waals surface area contributed by atoms with Gasteiger partial charge in [-0.2, -0.15) is 0 Å². The Morgan fingerprint density at radius 2 is 0.717 bits per heavy atom. The molecule has 7 aromatic carbocycles. The van der Waals surface area contributed by atoms with Gasteiger partial charge in [0.15, 0.2) is 0 Å². The molecule has 0 saturated heterocycles. The molecule has 0 aromatic heterocycles. The summed E-state index contributed by atoms with van der Waals surface area (Å²) in [5.41, 5.74) is 9.31. The van der Waals surface area contributed by atoms with Gasteiger partial charge >= 0.3 is 0 Å². The van der Waals surface area contributed by atoms with Crippen molar-refractivity contribution in [3.8, 4) is 33.4 Å². The van der Waals surface area contributed by atoms with Gasteiger partial charge in [0, 0.05) is 0 Å². The van der Waals surface area contributed by atoms with Gasteiger partial charge in [-0.1, -0.05) is 180 Å². The Labute approximate surface area is 275 Å². The first-order valence-electron chi connectivity index (χ1n) is 17.8. The van der Waals surface area contributed by atoms with Crippen molar-refractivity contribution >= 4 is 32.3 Å². The maximum Gasteiger partial charge on any atom is -0.00140 e. The van der Waals surface area contributed by atoms with Gasteiger partial charge in [0.1, 0.15) is 0 Å². The third-order valence-corrected chi connectivity index (χ3v) is 10.0. The second kappa shape index (κ2) is 14.3. The molecule has 0 N–H and O–H groups in total. The fraction of sp³-hybridized carbons (Fsp3) is 0.261. The van der Waals surface area contributed by atoms with Gasteiger partial charge in [-0.25, -0.2) is 0 Å². The van der Waals surface area contributed by atoms with Crippen LogP contribution in [0.5, 0.6) is 0 Å². The summed E-state index contributed by atoms with van der Waals surface area (Å²) in [6.45, 7) is 2.30. The molecule has 0 saturated carbocycles. The molecule has 0 amide bonds. The van der Waals surface area contributed by atoms with Crippen molar-refractivity contribution in [2.75, 3.05) is 0 Å². The molecule has 0 aliphatic carbocycles. The minimum absolute atomic E-state index is 1.13. The summed E-state index contributed by atoms with van der Waals surface area (Å²) in [7, 11) is 0. The van der Waals surface area contributed by atoms with Gasteiger partial charge in [-0.3, -0.25) is 0 Å². The minimum Gasteiger partial charge on any atom is -0.0654 e. The Morgan fingerprint density at radius 1 is 0.348 bits per heavy atom. The fourth-order valence-corrected chi connectivity index (χ4v) is 7.65. The molecule has 46 heavy (non-hydrogen) atoms. The average molecular weight is 599 g/mol. The van der Waals surface area contributed by atoms with Crippen molar-refractivity contribution in [1.82, 2.24) is 0 Å². The minimum atomic E-state index is 1.13. The quantitative estimate of drug-likeness (QED) is 0.0863. The van der Waals surface area contributed by atoms with Crippen LogP contribution in [0, 0.1) is 0 Å². The summed E-state index contributed by atoms with van der Waals surface area (Å²) in [5.74, 6) is 0. The van der Waals surface area contributed by atoms with Crippen molar-refractivity contribution < 1.29 is 0 Å². The number of aryl methyl sites for hydroxylation is 1. The van der Waals surface area contributed by atoms with Crippen LogP contribution in [0.3, 0.4) is 0 Å². The van der Waals surface area contributed by atoms with E-state index in [0.717, 1.165) is 6.42 Å². The Kier molecular flexibility index (Phi) is 9.43. The molecule has 0 heteroatoms. The molecule has 0 aliphatic rings. The highest BCUT2D eigenvalue weighted by atomic mass is 14.2. The molecule has 230 valence electrons. The predicted molar refractivity (Wildman–Crippen MR) is 202 cm³/mol. The number of hydrogen-bond acceptors (Lipinski definition) is 0. The summed E-state index contributed by atoms with van der Waals surface area (Å²) in [5, 5.41) is 8.29. The molecule has 7 aromatic rings. The molecule has 0 fully saturated rings. The number of unbranched alkanes of at least 4 members (excludes halogenated alkanes) is 9. The van der Waals surface area contributed by atoms with Crippen molar-refractivity contribution in [1.29, 1.82) is 0 Å². The third kappa shape index (κ3) is 6.19. The molecule has 0 atom stereocenters. The average Bonchev–Trinajstić information content (AvgIpc) is 3.12. The van der Waals surface area contributed by atoms with E-state index in [1.807, 2.05) is 0 Å². The maximum absolute atomic E-state index is 2.51. The zero-order valence-electron chi connectivity index (χ0n) is 27.4. The largest absolute Gasteiger partial charge is 0.0654 e. The van der Waals surface area contributed by atoms with E-state index in [9.17, 15) is 0 Å². The lowest BCUT2D eigenvalue weighted by Gasteiger charge is -2.21. The highest BCUT2D eigenvalue weighted by Crippen LogP contribution is 2.47. The van der Waals surface area contributed by atoms with Gasteiger partial charge in [0.05, 0.1) is 0 Å². The van der Waals surface area contributed by atoms with Crippen molar-refractivity contribution in [2.45, 2.75) is 77.6 Å². The Morgan fingerprint density at radius 3 is 1.17 bits per heavy atom. The summed E-state index contributed by atoms with van der Waals surface area (Å²) >= 11 is 0. The molecular formula is C46H46. The van der Waals surface area contributed by atoms with Crippen LogP contribution < -0.4 is 0 Å². The van der Waals surface area contributed by atoms with Gasteiger partial charge < -0.3 is 0 Å². The summed E-state index contributed by atoms with van der Waals surface area (Å²) in [4.78, 5) is 0. The van der Waals surface area contributed by atoms with E-state index >= 15 is 0 Å². The van der Waals surface area contributed by atoms with Gasteiger partial charge in [-0.05, 0) is 96.2 Å². The third-order valence-electron chi connectivity index (χ3n) is 10.0. The van der Waals surface area contributed by atoms with E-state index in [1.54, 1.807) is 0 Å². The van der Waals surface area contributed by atoms with Gasteiger partial charge in [-0.15, -0.1) is 0 Å². The second-order valence-electron chi connectivity index (χ2n) is 13.2. The monoisotopic (exact) mass is 598 g/mol. The molecule has 0 heterocycles. The summed E-state index contributed by atoms with van der Waals surface area (Å²) in [6.07, 6.45) is 14.8. The van der Waals surface area contributed by atoms with E-state index in [4.69, 9.17) is 0 Å². The van der Waals surface area contributed by atoms with Crippen LogP contribution in [0.25, 0.3) is 65.7 Å². The number of hydrogen-bond donors (Lipinski definition) is 0. The standard InChI is InChI=1S/C46H46/c1-2-3-4-5-6-7-8-9-10-14-27-37-32-42(34-21-15-11-16-22-34)39-30-31-41-44(36-25-19-13-20-26-36)33-43(35-23-17-12-18-24-35)40-29-28-38(37)45(39)46(40)41/h11-13,15-26,28-33H,2-10,14,27H2,1H3. The number of rotatable bonds is 14. The molecular weight excluding hydrogens is 553 g/mol. The van der Waals surface area contributed by atoms with Crippen LogP contribution in [0.2, 0.25) is 0 Å². The molecule has 0 unspecified atom stereocenters. The van der Waals surface area contributed by atoms with Crippen LogP contribution in [0.15, 0.2) is 127 Å². The Balaban J connectivity index is 1.34. The smallest absolute Gasteiger partial charge is 0.00140 e. The molecule has 7 rings (SSSR count). The normalized spacial score (nSPS) is 11.7. The lowest BCUT2D eigenvalue weighted by Crippen LogP contribution is -1.96. The van der Waals surface area contributed by atoms with Crippen LogP contribution in [0.4, 0.5) is 0 Å². The lowest BCUT2D eigenvalue weighted by molar-refractivity contribution is 0.556. The first-order valence-corrected chi connectivity index (χ1v) is 17.8. The SMILES string of the molecule is CCCCCCCCCCCCc1cc(-c2ccccc2)c2ccc3c(-c4ccccc4)cc(-c4ccccc4)c4ccc1c2c43. The first-order chi connectivity index (χ1) is 22.8. The van der Waals surface area contributed by atoms with E-state index in [0.29, 0.717) is 0 Å². The first kappa shape index (κ1) is 30.2. The number of benzene rings is 7. The van der Waals surface area contributed by atoms with Crippen molar-refractivity contribution in [3.63, 3.8) is 0 Å². The van der Waals surface area contributed by atoms with Gasteiger partial charge in [0.2, 0.25) is 0 Å². The molecule has 0 radical (unpaired) electrons. The van der Waals surface area contributed by atoms with Crippen molar-refractivity contribution in [2.24, 2.45) is 0 Å². The molecule has 0 aliphatic heterocycles. The fourth-order valence-electron chi connectivity index (χ4n) is 7.65. The highest BCUT2D eigenvalue weighted by molar-refractivity contribution is 6.30. The van der Waals surface area contributed by atoms with E-state index in [1.165, 1.54) is 135 Å². The molecule has 0 spiro atoms. The van der Waals surface area contributed by atoms with Crippen LogP contribution >= 0.6 is 0 Å². The van der Waals surface area contributed by atoms with Crippen molar-refractivity contribution in [3.05, 3.63) is 133 Å². The van der Waals surface area contributed by atoms with Gasteiger partial charge in [0.25, 0.3) is 0 Å². The van der Waals surface area contributed by atoms with Crippen LogP contribution in [-0.2, 0) is 6.42 Å². The Bertz CT molecular complexity index is 1940. The predicted octanol–water partition coefficient (Wildman–Crippen LogP) is 14.0. The van der Waals surface area contributed by atoms with E-state index in [-0.39, 0.29) is 0 Å². The lowest BCUT2D eigenvalue weighted by atomic mass is 9.82. The zero-order chi connectivity index (χ0) is 31.1. The summed E-state index contributed by atoms with van der Waals surface area (Å²) in [6, 6.07) is 47.5. The van der Waals surface area contributed by atoms with Crippen LogP contribution in [0.1, 0.15) is 76.7 Å². The second-order valence-corrected chi connectivity index (χ2v) is 13.2. The molecule has 0 nitrogen and oxygen atoms in total. The highest BCUT2D eigenvalue weighted by Gasteiger charge is 2.20. The van der Waals surface area contributed by atoms with Crippen LogP contribution in [-0.4, -0.2) is 0 Å². The zero-order valence-corrected chi connectivity index (χ0v) is 27.4. The Hall–Kier alpha value is -4.42. The summed E-state index contributed by atoms with van der Waals surface area (Å²) < 4.78 is 0. The molecule has 0 bridgehead atoms. The topological polar surface area (TPSA) is 0 Å².